The molecule has 0 aromatic rings. The first-order valence-corrected chi connectivity index (χ1v) is 7.40. The standard InChI is InChI=1S/C12H24N2S/c1-3-12(5-6-13-9-12)10-14(2)11-4-7-15-8-11/h11,13H,3-10H2,1-2H3. The molecule has 0 radical (unpaired) electrons. The van der Waals surface area contributed by atoms with Gasteiger partial charge in [-0.1, -0.05) is 6.92 Å². The van der Waals surface area contributed by atoms with Crippen molar-refractivity contribution in [3.05, 3.63) is 0 Å². The zero-order valence-electron chi connectivity index (χ0n) is 10.1. The second kappa shape index (κ2) is 5.07. The first-order chi connectivity index (χ1) is 7.26. The van der Waals surface area contributed by atoms with Gasteiger partial charge in [0.25, 0.3) is 0 Å². The van der Waals surface area contributed by atoms with E-state index in [1.807, 2.05) is 0 Å². The van der Waals surface area contributed by atoms with Crippen molar-refractivity contribution in [2.24, 2.45) is 5.41 Å². The van der Waals surface area contributed by atoms with E-state index in [0.717, 1.165) is 6.04 Å². The molecule has 2 heterocycles. The van der Waals surface area contributed by atoms with Crippen molar-refractivity contribution in [2.45, 2.75) is 32.2 Å². The minimum Gasteiger partial charge on any atom is -0.316 e. The van der Waals surface area contributed by atoms with Gasteiger partial charge in [-0.25, -0.2) is 0 Å². The van der Waals surface area contributed by atoms with Gasteiger partial charge in [-0.2, -0.15) is 11.8 Å². The summed E-state index contributed by atoms with van der Waals surface area (Å²) >= 11 is 2.12. The first kappa shape index (κ1) is 11.7. The van der Waals surface area contributed by atoms with Gasteiger partial charge in [0.05, 0.1) is 0 Å². The Balaban J connectivity index is 1.88. The van der Waals surface area contributed by atoms with Crippen LogP contribution in [-0.4, -0.2) is 49.1 Å². The Bertz CT molecular complexity index is 196. The number of nitrogens with one attached hydrogen (secondary N) is 1. The molecule has 88 valence electrons. The van der Waals surface area contributed by atoms with Crippen LogP contribution in [0.4, 0.5) is 0 Å². The van der Waals surface area contributed by atoms with Gasteiger partial charge in [0, 0.05) is 24.9 Å². The third kappa shape index (κ3) is 2.69. The van der Waals surface area contributed by atoms with Gasteiger partial charge in [0.1, 0.15) is 0 Å². The molecule has 2 fully saturated rings. The lowest BCUT2D eigenvalue weighted by Crippen LogP contribution is -2.42. The second-order valence-electron chi connectivity index (χ2n) is 5.21. The lowest BCUT2D eigenvalue weighted by Gasteiger charge is -2.35. The molecule has 2 atom stereocenters. The molecule has 2 unspecified atom stereocenters. The monoisotopic (exact) mass is 228 g/mol. The molecule has 0 amide bonds. The van der Waals surface area contributed by atoms with Crippen molar-refractivity contribution < 1.29 is 0 Å². The Hall–Kier alpha value is 0.270. The molecular weight excluding hydrogens is 204 g/mol. The summed E-state index contributed by atoms with van der Waals surface area (Å²) in [7, 11) is 2.33. The fourth-order valence-corrected chi connectivity index (χ4v) is 4.17. The maximum absolute atomic E-state index is 3.53. The zero-order valence-corrected chi connectivity index (χ0v) is 10.9. The predicted molar refractivity (Wildman–Crippen MR) is 68.6 cm³/mol. The van der Waals surface area contributed by atoms with Crippen molar-refractivity contribution in [1.82, 2.24) is 10.2 Å². The molecule has 2 nitrogen and oxygen atoms in total. The Labute approximate surface area is 98.2 Å². The summed E-state index contributed by atoms with van der Waals surface area (Å²) in [5.74, 6) is 2.72. The molecule has 3 heteroatoms. The number of hydrogen-bond donors (Lipinski definition) is 1. The highest BCUT2D eigenvalue weighted by molar-refractivity contribution is 7.99. The van der Waals surface area contributed by atoms with E-state index in [4.69, 9.17) is 0 Å². The number of rotatable bonds is 4. The third-order valence-electron chi connectivity index (χ3n) is 4.20. The fourth-order valence-electron chi connectivity index (χ4n) is 2.87. The minimum atomic E-state index is 0.571. The van der Waals surface area contributed by atoms with Gasteiger partial charge in [-0.15, -0.1) is 0 Å². The molecule has 1 N–H and O–H groups in total. The van der Waals surface area contributed by atoms with Crippen LogP contribution in [0.1, 0.15) is 26.2 Å². The summed E-state index contributed by atoms with van der Waals surface area (Å²) in [4.78, 5) is 2.62. The lowest BCUT2D eigenvalue weighted by molar-refractivity contribution is 0.152. The number of thioether (sulfide) groups is 1. The van der Waals surface area contributed by atoms with Crippen molar-refractivity contribution in [3.63, 3.8) is 0 Å². The summed E-state index contributed by atoms with van der Waals surface area (Å²) in [6.07, 6.45) is 4.09. The summed E-state index contributed by atoms with van der Waals surface area (Å²) in [6, 6.07) is 0.846. The van der Waals surface area contributed by atoms with Crippen LogP contribution in [0.15, 0.2) is 0 Å². The van der Waals surface area contributed by atoms with Crippen LogP contribution in [-0.2, 0) is 0 Å². The Morgan fingerprint density at radius 1 is 1.53 bits per heavy atom. The average Bonchev–Trinajstić information content (AvgIpc) is 2.88. The van der Waals surface area contributed by atoms with E-state index in [1.54, 1.807) is 0 Å². The Kier molecular flexibility index (Phi) is 3.97. The maximum Gasteiger partial charge on any atom is 0.0191 e. The first-order valence-electron chi connectivity index (χ1n) is 6.24. The highest BCUT2D eigenvalue weighted by Gasteiger charge is 2.34. The number of nitrogens with zero attached hydrogens (tertiary/aromatic N) is 1. The molecule has 0 bridgehead atoms. The van der Waals surface area contributed by atoms with E-state index in [2.05, 4.69) is 35.9 Å². The van der Waals surface area contributed by atoms with E-state index in [9.17, 15) is 0 Å². The normalized spacial score (nSPS) is 36.6. The molecule has 2 aliphatic heterocycles. The molecule has 2 aliphatic rings. The summed E-state index contributed by atoms with van der Waals surface area (Å²) < 4.78 is 0. The largest absolute Gasteiger partial charge is 0.316 e. The summed E-state index contributed by atoms with van der Waals surface area (Å²) in [5.41, 5.74) is 0.571. The van der Waals surface area contributed by atoms with Crippen molar-refractivity contribution in [3.8, 4) is 0 Å². The van der Waals surface area contributed by atoms with Gasteiger partial charge >= 0.3 is 0 Å². The van der Waals surface area contributed by atoms with Crippen molar-refractivity contribution in [2.75, 3.05) is 38.2 Å². The molecule has 0 saturated carbocycles. The highest BCUT2D eigenvalue weighted by atomic mass is 32.2. The molecular formula is C12H24N2S. The minimum absolute atomic E-state index is 0.571. The molecule has 0 aliphatic carbocycles. The van der Waals surface area contributed by atoms with Crippen LogP contribution in [0, 0.1) is 5.41 Å². The van der Waals surface area contributed by atoms with Crippen molar-refractivity contribution in [1.29, 1.82) is 0 Å². The van der Waals surface area contributed by atoms with Gasteiger partial charge in [-0.05, 0) is 44.0 Å². The third-order valence-corrected chi connectivity index (χ3v) is 5.34. The SMILES string of the molecule is CCC1(CN(C)C2CCSC2)CCNC1. The molecule has 2 rings (SSSR count). The average molecular weight is 228 g/mol. The maximum atomic E-state index is 3.53. The van der Waals surface area contributed by atoms with Gasteiger partial charge < -0.3 is 10.2 Å². The van der Waals surface area contributed by atoms with Gasteiger partial charge in [0.15, 0.2) is 0 Å². The van der Waals surface area contributed by atoms with Crippen LogP contribution >= 0.6 is 11.8 Å². The molecule has 0 spiro atoms. The van der Waals surface area contributed by atoms with E-state index in [1.165, 1.54) is 50.4 Å². The van der Waals surface area contributed by atoms with Crippen LogP contribution in [0.2, 0.25) is 0 Å². The van der Waals surface area contributed by atoms with Crippen molar-refractivity contribution >= 4 is 11.8 Å². The van der Waals surface area contributed by atoms with Crippen LogP contribution in [0.5, 0.6) is 0 Å². The summed E-state index contributed by atoms with van der Waals surface area (Å²) in [5, 5.41) is 3.53. The topological polar surface area (TPSA) is 15.3 Å². The van der Waals surface area contributed by atoms with Gasteiger partial charge in [-0.3, -0.25) is 0 Å². The summed E-state index contributed by atoms with van der Waals surface area (Å²) in [6.45, 7) is 6.10. The fraction of sp³-hybridized carbons (Fsp3) is 1.00. The van der Waals surface area contributed by atoms with E-state index in [0.29, 0.717) is 5.41 Å². The van der Waals surface area contributed by atoms with Gasteiger partial charge in [0.2, 0.25) is 0 Å². The lowest BCUT2D eigenvalue weighted by atomic mass is 9.83. The van der Waals surface area contributed by atoms with E-state index in [-0.39, 0.29) is 0 Å². The predicted octanol–water partition coefficient (Wildman–Crippen LogP) is 1.81. The smallest absolute Gasteiger partial charge is 0.0191 e. The Morgan fingerprint density at radius 3 is 2.93 bits per heavy atom. The van der Waals surface area contributed by atoms with Crippen LogP contribution in [0.25, 0.3) is 0 Å². The van der Waals surface area contributed by atoms with Crippen LogP contribution < -0.4 is 5.32 Å². The molecule has 0 aromatic heterocycles. The van der Waals surface area contributed by atoms with Crippen LogP contribution in [0.3, 0.4) is 0 Å². The second-order valence-corrected chi connectivity index (χ2v) is 6.36. The number of hydrogen-bond acceptors (Lipinski definition) is 3. The highest BCUT2D eigenvalue weighted by Crippen LogP contribution is 2.32. The molecule has 15 heavy (non-hydrogen) atoms. The zero-order chi connectivity index (χ0) is 10.7. The molecule has 0 aromatic carbocycles. The van der Waals surface area contributed by atoms with E-state index < -0.39 is 0 Å². The Morgan fingerprint density at radius 2 is 2.40 bits per heavy atom. The van der Waals surface area contributed by atoms with E-state index >= 15 is 0 Å². The quantitative estimate of drug-likeness (QED) is 0.790. The molecule has 2 saturated heterocycles.